The first-order valence-electron chi connectivity index (χ1n) is 21.0. The van der Waals surface area contributed by atoms with E-state index in [0.717, 1.165) is 43.9 Å². The van der Waals surface area contributed by atoms with E-state index in [1.54, 1.807) is 11.1 Å². The van der Waals surface area contributed by atoms with Crippen molar-refractivity contribution < 1.29 is 9.53 Å². The highest BCUT2D eigenvalue weighted by Crippen LogP contribution is 2.66. The maximum absolute atomic E-state index is 12.8. The molecule has 2 nitrogen and oxygen atoms in total. The van der Waals surface area contributed by atoms with Gasteiger partial charge in [-0.1, -0.05) is 147 Å². The molecule has 0 heterocycles. The molecule has 3 fully saturated rings. The van der Waals surface area contributed by atoms with Gasteiger partial charge < -0.3 is 4.74 Å². The smallest absolute Gasteiger partial charge is 0.306 e. The lowest BCUT2D eigenvalue weighted by Gasteiger charge is -2.55. The fourth-order valence-electron chi connectivity index (χ4n) is 10.3. The number of ether oxygens (including phenoxy) is 1. The lowest BCUT2D eigenvalue weighted by atomic mass is 9.50. The molecular formula is C46H76O2. The largest absolute Gasteiger partial charge is 0.462 e. The Bertz CT molecular complexity index is 1110. The van der Waals surface area contributed by atoms with E-state index in [-0.39, 0.29) is 17.5 Å². The zero-order valence-corrected chi connectivity index (χ0v) is 32.7. The van der Waals surface area contributed by atoms with Crippen LogP contribution in [0.5, 0.6) is 0 Å². The summed E-state index contributed by atoms with van der Waals surface area (Å²) in [4.78, 5) is 12.8. The summed E-state index contributed by atoms with van der Waals surface area (Å²) < 4.78 is 6.10. The number of allylic oxidation sites excluding steroid dienone is 7. The molecule has 3 saturated carbocycles. The van der Waals surface area contributed by atoms with Gasteiger partial charge in [-0.15, -0.1) is 0 Å². The molecular weight excluding hydrogens is 585 g/mol. The number of fused-ring (bicyclic) bond motifs is 5. The molecule has 0 saturated heterocycles. The Morgan fingerprint density at radius 1 is 0.792 bits per heavy atom. The highest BCUT2D eigenvalue weighted by Gasteiger charge is 2.57. The zero-order valence-electron chi connectivity index (χ0n) is 32.7. The third-order valence-electron chi connectivity index (χ3n) is 13.9. The number of esters is 1. The van der Waals surface area contributed by atoms with Crippen molar-refractivity contribution in [3.63, 3.8) is 0 Å². The zero-order chi connectivity index (χ0) is 34.6. The lowest BCUT2D eigenvalue weighted by Crippen LogP contribution is -2.46. The summed E-state index contributed by atoms with van der Waals surface area (Å²) in [5, 5.41) is 0. The first kappa shape index (κ1) is 39.2. The first-order chi connectivity index (χ1) is 23.1. The van der Waals surface area contributed by atoms with Gasteiger partial charge in [-0.2, -0.15) is 0 Å². The van der Waals surface area contributed by atoms with Gasteiger partial charge in [0.25, 0.3) is 0 Å². The molecule has 0 aromatic rings. The molecule has 0 aromatic carbocycles. The van der Waals surface area contributed by atoms with Gasteiger partial charge >= 0.3 is 5.97 Å². The summed E-state index contributed by atoms with van der Waals surface area (Å²) in [5.41, 5.74) is 3.99. The van der Waals surface area contributed by atoms with Crippen LogP contribution in [-0.2, 0) is 9.53 Å². The van der Waals surface area contributed by atoms with Crippen LogP contribution in [0.2, 0.25) is 0 Å². The van der Waals surface area contributed by atoms with E-state index in [1.165, 1.54) is 96.3 Å². The van der Waals surface area contributed by atoms with Crippen molar-refractivity contribution in [2.75, 3.05) is 0 Å². The van der Waals surface area contributed by atoms with E-state index in [9.17, 15) is 4.79 Å². The summed E-state index contributed by atoms with van der Waals surface area (Å²) in [7, 11) is 0. The second kappa shape index (κ2) is 19.2. The molecule has 2 heteroatoms. The summed E-state index contributed by atoms with van der Waals surface area (Å²) in [6.07, 6.45) is 40.7. The van der Waals surface area contributed by atoms with Crippen molar-refractivity contribution >= 4 is 5.97 Å². The van der Waals surface area contributed by atoms with Gasteiger partial charge in [0.05, 0.1) is 0 Å². The predicted octanol–water partition coefficient (Wildman–Crippen LogP) is 13.9. The minimum Gasteiger partial charge on any atom is -0.462 e. The summed E-state index contributed by atoms with van der Waals surface area (Å²) in [6.45, 7) is 17.0. The van der Waals surface area contributed by atoms with Crippen LogP contribution in [0.1, 0.15) is 183 Å². The van der Waals surface area contributed by atoms with Crippen LogP contribution in [0, 0.1) is 46.3 Å². The SMILES string of the molecule is CCCCCCCCC=CCCCCCCCC(=O)O[C@H]1CC[C@@]2(C)C(=CC=C3[C@@H]4CC[C@H]([C@H](C)C=C[C@H](C)C(C)C)[C@@]4(C)CC[C@@H]32)C1. The summed E-state index contributed by atoms with van der Waals surface area (Å²) in [5.74, 6) is 4.24. The molecule has 8 atom stereocenters. The Balaban J connectivity index is 1.16. The van der Waals surface area contributed by atoms with E-state index in [2.05, 4.69) is 84.9 Å². The molecule has 4 rings (SSSR count). The highest BCUT2D eigenvalue weighted by atomic mass is 16.5. The average Bonchev–Trinajstić information content (AvgIpc) is 3.42. The fraction of sp³-hybridized carbons (Fsp3) is 0.804. The van der Waals surface area contributed by atoms with Gasteiger partial charge in [-0.25, -0.2) is 0 Å². The van der Waals surface area contributed by atoms with Gasteiger partial charge in [0, 0.05) is 12.8 Å². The van der Waals surface area contributed by atoms with Crippen molar-refractivity contribution in [2.45, 2.75) is 189 Å². The number of rotatable bonds is 20. The topological polar surface area (TPSA) is 26.3 Å². The van der Waals surface area contributed by atoms with Crippen LogP contribution in [0.3, 0.4) is 0 Å². The number of unbranched alkanes of at least 4 members (excludes halogenated alkanes) is 11. The van der Waals surface area contributed by atoms with Crippen LogP contribution in [-0.4, -0.2) is 12.1 Å². The van der Waals surface area contributed by atoms with Crippen LogP contribution in [0.15, 0.2) is 47.6 Å². The number of carbonyl (C=O) groups excluding carboxylic acids is 1. The monoisotopic (exact) mass is 661 g/mol. The van der Waals surface area contributed by atoms with Crippen molar-refractivity contribution in [2.24, 2.45) is 46.3 Å². The summed E-state index contributed by atoms with van der Waals surface area (Å²) in [6, 6.07) is 0. The highest BCUT2D eigenvalue weighted by molar-refractivity contribution is 5.69. The Morgan fingerprint density at radius 2 is 1.46 bits per heavy atom. The molecule has 4 aliphatic rings. The van der Waals surface area contributed by atoms with E-state index < -0.39 is 0 Å². The number of hydrogen-bond donors (Lipinski definition) is 0. The van der Waals surface area contributed by atoms with Crippen LogP contribution < -0.4 is 0 Å². The quantitative estimate of drug-likeness (QED) is 0.0738. The third-order valence-corrected chi connectivity index (χ3v) is 13.9. The van der Waals surface area contributed by atoms with Gasteiger partial charge in [0.2, 0.25) is 0 Å². The van der Waals surface area contributed by atoms with Crippen molar-refractivity contribution in [3.8, 4) is 0 Å². The summed E-state index contributed by atoms with van der Waals surface area (Å²) >= 11 is 0. The van der Waals surface area contributed by atoms with Crippen LogP contribution in [0.25, 0.3) is 0 Å². The van der Waals surface area contributed by atoms with Gasteiger partial charge in [-0.05, 0) is 117 Å². The van der Waals surface area contributed by atoms with Gasteiger partial charge in [0.15, 0.2) is 0 Å². The second-order valence-corrected chi connectivity index (χ2v) is 17.6. The van der Waals surface area contributed by atoms with E-state index in [4.69, 9.17) is 4.74 Å². The van der Waals surface area contributed by atoms with E-state index in [1.807, 2.05) is 0 Å². The Kier molecular flexibility index (Phi) is 15.6. The molecule has 0 N–H and O–H groups in total. The predicted molar refractivity (Wildman–Crippen MR) is 207 cm³/mol. The molecule has 0 bridgehead atoms. The van der Waals surface area contributed by atoms with Gasteiger partial charge in [-0.3, -0.25) is 4.79 Å². The molecule has 0 unspecified atom stereocenters. The molecule has 48 heavy (non-hydrogen) atoms. The minimum atomic E-state index is 0.0326. The molecule has 0 aliphatic heterocycles. The van der Waals surface area contributed by atoms with E-state index >= 15 is 0 Å². The van der Waals surface area contributed by atoms with Gasteiger partial charge in [0.1, 0.15) is 6.10 Å². The Hall–Kier alpha value is -1.57. The molecule has 272 valence electrons. The van der Waals surface area contributed by atoms with Crippen molar-refractivity contribution in [3.05, 3.63) is 47.6 Å². The average molecular weight is 661 g/mol. The Morgan fingerprint density at radius 3 is 2.15 bits per heavy atom. The van der Waals surface area contributed by atoms with Crippen molar-refractivity contribution in [1.29, 1.82) is 0 Å². The van der Waals surface area contributed by atoms with Crippen LogP contribution in [0.4, 0.5) is 0 Å². The minimum absolute atomic E-state index is 0.0326. The number of carbonyl (C=O) groups is 1. The maximum atomic E-state index is 12.8. The Labute approximate surface area is 298 Å². The standard InChI is InChI=1S/C46H76O2/c1-8-9-10-11-12-13-14-15-16-17-18-19-20-21-22-23-44(47)48-39-30-32-45(6)38(34-39)26-27-40-42-29-28-41(46(42,7)33-31-43(40)45)37(5)25-24-36(4)35(2)3/h15-16,24-27,35-37,39,41-43H,8-14,17-23,28-34H2,1-7H3/t36-,37+,39-,41+,42-,43-,45-,46+/m0/s1. The van der Waals surface area contributed by atoms with Crippen LogP contribution >= 0.6 is 0 Å². The molecule has 4 aliphatic carbocycles. The van der Waals surface area contributed by atoms with Crippen molar-refractivity contribution in [1.82, 2.24) is 0 Å². The normalized spacial score (nSPS) is 31.3. The molecule has 0 amide bonds. The maximum Gasteiger partial charge on any atom is 0.306 e. The fourth-order valence-corrected chi connectivity index (χ4v) is 10.3. The molecule has 0 radical (unpaired) electrons. The van der Waals surface area contributed by atoms with E-state index in [0.29, 0.717) is 35.5 Å². The second-order valence-electron chi connectivity index (χ2n) is 17.6. The molecule has 0 spiro atoms. The first-order valence-corrected chi connectivity index (χ1v) is 21.0. The molecule has 0 aromatic heterocycles. The number of hydrogen-bond acceptors (Lipinski definition) is 2. The third kappa shape index (κ3) is 10.2. The lowest BCUT2D eigenvalue weighted by molar-refractivity contribution is -0.151.